The summed E-state index contributed by atoms with van der Waals surface area (Å²) in [5, 5.41) is 3.18. The first-order valence-electron chi connectivity index (χ1n) is 9.12. The van der Waals surface area contributed by atoms with E-state index in [0.29, 0.717) is 33.0 Å². The number of hydrogen-bond donors (Lipinski definition) is 1. The van der Waals surface area contributed by atoms with Gasteiger partial charge in [0.2, 0.25) is 5.91 Å². The Hall–Kier alpha value is -1.79. The Labute approximate surface area is 149 Å². The monoisotopic (exact) mass is 348 g/mol. The maximum atomic E-state index is 12.5. The number of rotatable bonds is 5. The summed E-state index contributed by atoms with van der Waals surface area (Å²) in [5.74, 6) is 1.87. The van der Waals surface area contributed by atoms with Crippen LogP contribution in [-0.2, 0) is 9.53 Å². The zero-order valence-corrected chi connectivity index (χ0v) is 15.1. The molecule has 0 bridgehead atoms. The molecule has 2 heterocycles. The normalized spacial score (nSPS) is 19.3. The largest absolute Gasteiger partial charge is 0.490 e. The SMILES string of the molecule is CC(C)C(NC(=O)CN1CCOCC1)c1ccc2c(c1)OCCCO2. The number of morpholine rings is 1. The van der Waals surface area contributed by atoms with Gasteiger partial charge < -0.3 is 19.5 Å². The third-order valence-corrected chi connectivity index (χ3v) is 4.58. The Morgan fingerprint density at radius 3 is 2.56 bits per heavy atom. The Morgan fingerprint density at radius 1 is 1.12 bits per heavy atom. The van der Waals surface area contributed by atoms with Crippen LogP contribution < -0.4 is 14.8 Å². The molecule has 25 heavy (non-hydrogen) atoms. The van der Waals surface area contributed by atoms with Gasteiger partial charge in [-0.1, -0.05) is 19.9 Å². The average molecular weight is 348 g/mol. The number of amides is 1. The second kappa shape index (κ2) is 8.54. The summed E-state index contributed by atoms with van der Waals surface area (Å²) in [7, 11) is 0. The predicted octanol–water partition coefficient (Wildman–Crippen LogP) is 1.99. The number of nitrogens with zero attached hydrogens (tertiary/aromatic N) is 1. The summed E-state index contributed by atoms with van der Waals surface area (Å²) in [6.07, 6.45) is 0.883. The lowest BCUT2D eigenvalue weighted by Crippen LogP contribution is -2.44. The molecule has 1 amide bonds. The van der Waals surface area contributed by atoms with E-state index in [2.05, 4.69) is 24.1 Å². The van der Waals surface area contributed by atoms with E-state index in [-0.39, 0.29) is 17.9 Å². The molecular formula is C19H28N2O4. The van der Waals surface area contributed by atoms with E-state index in [1.54, 1.807) is 0 Å². The van der Waals surface area contributed by atoms with Crippen molar-refractivity contribution in [1.82, 2.24) is 10.2 Å². The van der Waals surface area contributed by atoms with Crippen molar-refractivity contribution in [3.63, 3.8) is 0 Å². The highest BCUT2D eigenvalue weighted by atomic mass is 16.5. The smallest absolute Gasteiger partial charge is 0.234 e. The van der Waals surface area contributed by atoms with E-state index < -0.39 is 0 Å². The highest BCUT2D eigenvalue weighted by Crippen LogP contribution is 2.34. The van der Waals surface area contributed by atoms with Gasteiger partial charge in [0, 0.05) is 19.5 Å². The zero-order valence-electron chi connectivity index (χ0n) is 15.1. The van der Waals surface area contributed by atoms with Gasteiger partial charge >= 0.3 is 0 Å². The second-order valence-electron chi connectivity index (χ2n) is 6.93. The number of carbonyl (C=O) groups excluding carboxylic acids is 1. The third kappa shape index (κ3) is 4.86. The van der Waals surface area contributed by atoms with Crippen molar-refractivity contribution >= 4 is 5.91 Å². The van der Waals surface area contributed by atoms with E-state index in [4.69, 9.17) is 14.2 Å². The number of benzene rings is 1. The summed E-state index contributed by atoms with van der Waals surface area (Å²) >= 11 is 0. The van der Waals surface area contributed by atoms with Gasteiger partial charge in [0.1, 0.15) is 0 Å². The molecule has 0 aliphatic carbocycles. The summed E-state index contributed by atoms with van der Waals surface area (Å²) in [6.45, 7) is 8.99. The molecule has 1 saturated heterocycles. The standard InChI is InChI=1S/C19H28N2O4/c1-14(2)19(20-18(22)13-21-6-10-23-11-7-21)15-4-5-16-17(12-15)25-9-3-8-24-16/h4-5,12,14,19H,3,6-11,13H2,1-2H3,(H,20,22). The quantitative estimate of drug-likeness (QED) is 0.882. The fourth-order valence-corrected chi connectivity index (χ4v) is 3.19. The van der Waals surface area contributed by atoms with E-state index in [9.17, 15) is 4.79 Å². The summed E-state index contributed by atoms with van der Waals surface area (Å²) in [4.78, 5) is 14.6. The zero-order chi connectivity index (χ0) is 17.6. The van der Waals surface area contributed by atoms with Crippen LogP contribution in [0.15, 0.2) is 18.2 Å². The molecule has 1 unspecified atom stereocenters. The van der Waals surface area contributed by atoms with Gasteiger partial charge in [-0.2, -0.15) is 0 Å². The van der Waals surface area contributed by atoms with Crippen molar-refractivity contribution in [2.45, 2.75) is 26.3 Å². The molecule has 0 radical (unpaired) electrons. The lowest BCUT2D eigenvalue weighted by atomic mass is 9.95. The van der Waals surface area contributed by atoms with E-state index in [1.165, 1.54) is 0 Å². The van der Waals surface area contributed by atoms with Crippen LogP contribution in [0.25, 0.3) is 0 Å². The van der Waals surface area contributed by atoms with Crippen molar-refractivity contribution in [1.29, 1.82) is 0 Å². The molecule has 1 atom stereocenters. The Bertz CT molecular complexity index is 585. The van der Waals surface area contributed by atoms with Crippen LogP contribution in [0.1, 0.15) is 31.9 Å². The number of nitrogens with one attached hydrogen (secondary N) is 1. The minimum absolute atomic E-state index is 0.0488. The van der Waals surface area contributed by atoms with E-state index >= 15 is 0 Å². The van der Waals surface area contributed by atoms with Gasteiger partial charge in [0.25, 0.3) is 0 Å². The van der Waals surface area contributed by atoms with Crippen molar-refractivity contribution in [3.8, 4) is 11.5 Å². The number of ether oxygens (including phenoxy) is 3. The Morgan fingerprint density at radius 2 is 1.84 bits per heavy atom. The van der Waals surface area contributed by atoms with Gasteiger partial charge in [0.05, 0.1) is 39.0 Å². The van der Waals surface area contributed by atoms with Crippen LogP contribution in [0.4, 0.5) is 0 Å². The molecule has 1 N–H and O–H groups in total. The number of carbonyl (C=O) groups is 1. The summed E-state index contributed by atoms with van der Waals surface area (Å²) < 4.78 is 16.8. The van der Waals surface area contributed by atoms with E-state index in [1.807, 2.05) is 18.2 Å². The van der Waals surface area contributed by atoms with Gasteiger partial charge in [-0.15, -0.1) is 0 Å². The molecule has 2 aliphatic rings. The Kier molecular flexibility index (Phi) is 6.15. The number of fused-ring (bicyclic) bond motifs is 1. The van der Waals surface area contributed by atoms with E-state index in [0.717, 1.165) is 36.6 Å². The predicted molar refractivity (Wildman–Crippen MR) is 95.0 cm³/mol. The van der Waals surface area contributed by atoms with Crippen molar-refractivity contribution in [2.75, 3.05) is 46.1 Å². The van der Waals surface area contributed by atoms with Crippen LogP contribution in [0.5, 0.6) is 11.5 Å². The average Bonchev–Trinajstić information content (AvgIpc) is 2.85. The van der Waals surface area contributed by atoms with Crippen LogP contribution in [-0.4, -0.2) is 56.9 Å². The fraction of sp³-hybridized carbons (Fsp3) is 0.632. The molecule has 6 nitrogen and oxygen atoms in total. The molecule has 0 saturated carbocycles. The lowest BCUT2D eigenvalue weighted by Gasteiger charge is -2.28. The first-order chi connectivity index (χ1) is 12.1. The summed E-state index contributed by atoms with van der Waals surface area (Å²) in [5.41, 5.74) is 1.05. The molecule has 6 heteroatoms. The second-order valence-corrected chi connectivity index (χ2v) is 6.93. The third-order valence-electron chi connectivity index (χ3n) is 4.58. The molecule has 3 rings (SSSR count). The first kappa shape index (κ1) is 18.0. The minimum Gasteiger partial charge on any atom is -0.490 e. The molecule has 1 aromatic rings. The van der Waals surface area contributed by atoms with Gasteiger partial charge in [-0.25, -0.2) is 0 Å². The molecular weight excluding hydrogens is 320 g/mol. The summed E-state index contributed by atoms with van der Waals surface area (Å²) in [6, 6.07) is 5.92. The maximum Gasteiger partial charge on any atom is 0.234 e. The highest BCUT2D eigenvalue weighted by Gasteiger charge is 2.22. The topological polar surface area (TPSA) is 60.0 Å². The number of hydrogen-bond acceptors (Lipinski definition) is 5. The highest BCUT2D eigenvalue weighted by molar-refractivity contribution is 5.78. The van der Waals surface area contributed by atoms with Gasteiger partial charge in [-0.05, 0) is 23.6 Å². The minimum atomic E-state index is -0.0503. The molecule has 2 aliphatic heterocycles. The Balaban J connectivity index is 1.68. The van der Waals surface area contributed by atoms with Crippen molar-refractivity contribution in [2.24, 2.45) is 5.92 Å². The van der Waals surface area contributed by atoms with Crippen LogP contribution >= 0.6 is 0 Å². The fourth-order valence-electron chi connectivity index (χ4n) is 3.19. The molecule has 138 valence electrons. The van der Waals surface area contributed by atoms with Crippen molar-refractivity contribution in [3.05, 3.63) is 23.8 Å². The molecule has 0 spiro atoms. The lowest BCUT2D eigenvalue weighted by molar-refractivity contribution is -0.124. The molecule has 0 aromatic heterocycles. The van der Waals surface area contributed by atoms with Crippen LogP contribution in [0.2, 0.25) is 0 Å². The first-order valence-corrected chi connectivity index (χ1v) is 9.12. The molecule has 1 aromatic carbocycles. The maximum absolute atomic E-state index is 12.5. The van der Waals surface area contributed by atoms with Crippen molar-refractivity contribution < 1.29 is 19.0 Å². The van der Waals surface area contributed by atoms with Crippen LogP contribution in [0, 0.1) is 5.92 Å². The van der Waals surface area contributed by atoms with Gasteiger partial charge in [0.15, 0.2) is 11.5 Å². The molecule has 1 fully saturated rings. The van der Waals surface area contributed by atoms with Gasteiger partial charge in [-0.3, -0.25) is 9.69 Å². The van der Waals surface area contributed by atoms with Crippen LogP contribution in [0.3, 0.4) is 0 Å².